The lowest BCUT2D eigenvalue weighted by atomic mass is 10.0. The highest BCUT2D eigenvalue weighted by Gasteiger charge is 2.30. The predicted octanol–water partition coefficient (Wildman–Crippen LogP) is 3.86. The Bertz CT molecular complexity index is 635. The summed E-state index contributed by atoms with van der Waals surface area (Å²) in [5.74, 6) is -0.343. The number of aromatic carboxylic acids is 1. The minimum absolute atomic E-state index is 0.0388. The summed E-state index contributed by atoms with van der Waals surface area (Å²) < 4.78 is 11.3. The van der Waals surface area contributed by atoms with E-state index in [9.17, 15) is 9.59 Å². The third-order valence-electron chi connectivity index (χ3n) is 4.13. The van der Waals surface area contributed by atoms with Gasteiger partial charge < -0.3 is 19.5 Å². The molecule has 1 aromatic carbocycles. The van der Waals surface area contributed by atoms with Crippen molar-refractivity contribution in [3.63, 3.8) is 0 Å². The third kappa shape index (κ3) is 5.37. The number of piperidine rings is 1. The summed E-state index contributed by atoms with van der Waals surface area (Å²) in [6.45, 7) is 8.34. The predicted molar refractivity (Wildman–Crippen MR) is 94.2 cm³/mol. The number of rotatable bonds is 4. The number of carbonyl (C=O) groups excluding carboxylic acids is 1. The second-order valence-electron chi connectivity index (χ2n) is 7.42. The number of carboxylic acid groups (broad SMARTS) is 1. The molecule has 1 aliphatic heterocycles. The standard InChI is InChI=1S/C19H27NO5/c1-13-11-15(8-9-16(13)17(21)22)24-12-14-7-5-6-10-20(14)18(23)25-19(2,3)4/h8-9,11,14H,5-7,10,12H2,1-4H3,(H,21,22)/t14-/m0/s1. The minimum Gasteiger partial charge on any atom is -0.491 e. The van der Waals surface area contributed by atoms with Crippen LogP contribution in [0.1, 0.15) is 56.0 Å². The van der Waals surface area contributed by atoms with Crippen molar-refractivity contribution in [2.24, 2.45) is 0 Å². The topological polar surface area (TPSA) is 76.1 Å². The number of nitrogens with zero attached hydrogens (tertiary/aromatic N) is 1. The first-order valence-electron chi connectivity index (χ1n) is 8.64. The molecule has 1 fully saturated rings. The van der Waals surface area contributed by atoms with Gasteiger partial charge in [-0.25, -0.2) is 9.59 Å². The second-order valence-corrected chi connectivity index (χ2v) is 7.42. The Morgan fingerprint density at radius 3 is 2.60 bits per heavy atom. The van der Waals surface area contributed by atoms with Crippen LogP contribution in [-0.4, -0.2) is 46.9 Å². The van der Waals surface area contributed by atoms with Gasteiger partial charge in [0.2, 0.25) is 0 Å². The van der Waals surface area contributed by atoms with Gasteiger partial charge >= 0.3 is 12.1 Å². The van der Waals surface area contributed by atoms with E-state index < -0.39 is 11.6 Å². The molecule has 2 rings (SSSR count). The number of amides is 1. The van der Waals surface area contributed by atoms with Gasteiger partial charge in [0.05, 0.1) is 11.6 Å². The van der Waals surface area contributed by atoms with E-state index >= 15 is 0 Å². The zero-order valence-electron chi connectivity index (χ0n) is 15.4. The van der Waals surface area contributed by atoms with Crippen LogP contribution >= 0.6 is 0 Å². The van der Waals surface area contributed by atoms with Gasteiger partial charge in [-0.05, 0) is 70.7 Å². The Kier molecular flexibility index (Phi) is 5.93. The second kappa shape index (κ2) is 7.76. The summed E-state index contributed by atoms with van der Waals surface area (Å²) in [4.78, 5) is 25.2. The van der Waals surface area contributed by atoms with Crippen molar-refractivity contribution in [3.8, 4) is 5.75 Å². The molecule has 0 unspecified atom stereocenters. The maximum Gasteiger partial charge on any atom is 0.410 e. The fourth-order valence-electron chi connectivity index (χ4n) is 2.89. The zero-order valence-corrected chi connectivity index (χ0v) is 15.4. The van der Waals surface area contributed by atoms with Gasteiger partial charge in [-0.15, -0.1) is 0 Å². The molecule has 138 valence electrons. The Labute approximate surface area is 148 Å². The monoisotopic (exact) mass is 349 g/mol. The maximum atomic E-state index is 12.4. The Morgan fingerprint density at radius 2 is 2.00 bits per heavy atom. The summed E-state index contributed by atoms with van der Waals surface area (Å²) in [5.41, 5.74) is 0.391. The molecule has 0 spiro atoms. The van der Waals surface area contributed by atoms with Crippen LogP contribution in [0.15, 0.2) is 18.2 Å². The lowest BCUT2D eigenvalue weighted by Crippen LogP contribution is -2.48. The first-order valence-corrected chi connectivity index (χ1v) is 8.64. The van der Waals surface area contributed by atoms with E-state index in [2.05, 4.69) is 0 Å². The highest BCUT2D eigenvalue weighted by atomic mass is 16.6. The van der Waals surface area contributed by atoms with Crippen LogP contribution in [0.2, 0.25) is 0 Å². The van der Waals surface area contributed by atoms with E-state index in [0.29, 0.717) is 24.5 Å². The number of aryl methyl sites for hydroxylation is 1. The van der Waals surface area contributed by atoms with Crippen LogP contribution in [0.5, 0.6) is 5.75 Å². The largest absolute Gasteiger partial charge is 0.491 e. The fourth-order valence-corrected chi connectivity index (χ4v) is 2.89. The van der Waals surface area contributed by atoms with Gasteiger partial charge in [0.25, 0.3) is 0 Å². The van der Waals surface area contributed by atoms with Crippen LogP contribution in [0, 0.1) is 6.92 Å². The van der Waals surface area contributed by atoms with Crippen molar-refractivity contribution in [2.45, 2.75) is 58.6 Å². The first-order chi connectivity index (χ1) is 11.7. The summed E-state index contributed by atoms with van der Waals surface area (Å²) in [7, 11) is 0. The highest BCUT2D eigenvalue weighted by molar-refractivity contribution is 5.89. The van der Waals surface area contributed by atoms with Crippen LogP contribution < -0.4 is 4.74 Å². The van der Waals surface area contributed by atoms with Crippen molar-refractivity contribution in [1.29, 1.82) is 0 Å². The molecule has 0 radical (unpaired) electrons. The van der Waals surface area contributed by atoms with Crippen LogP contribution in [0.4, 0.5) is 4.79 Å². The molecule has 0 bridgehead atoms. The van der Waals surface area contributed by atoms with Gasteiger partial charge in [-0.2, -0.15) is 0 Å². The Morgan fingerprint density at radius 1 is 1.28 bits per heavy atom. The first kappa shape index (κ1) is 19.1. The molecule has 0 aromatic heterocycles. The SMILES string of the molecule is Cc1cc(OC[C@@H]2CCCCN2C(=O)OC(C)(C)C)ccc1C(=O)O. The molecule has 0 saturated carbocycles. The Balaban J connectivity index is 2.01. The van der Waals surface area contributed by atoms with Crippen LogP contribution in [0.25, 0.3) is 0 Å². The van der Waals surface area contributed by atoms with E-state index in [-0.39, 0.29) is 17.7 Å². The highest BCUT2D eigenvalue weighted by Crippen LogP contribution is 2.23. The molecular formula is C19H27NO5. The molecule has 0 aliphatic carbocycles. The number of hydrogen-bond acceptors (Lipinski definition) is 4. The molecular weight excluding hydrogens is 322 g/mol. The van der Waals surface area contributed by atoms with E-state index in [1.54, 1.807) is 30.0 Å². The van der Waals surface area contributed by atoms with Crippen molar-refractivity contribution < 1.29 is 24.2 Å². The van der Waals surface area contributed by atoms with Crippen molar-refractivity contribution >= 4 is 12.1 Å². The van der Waals surface area contributed by atoms with Gasteiger partial charge in [-0.3, -0.25) is 0 Å². The van der Waals surface area contributed by atoms with E-state index in [1.165, 1.54) is 0 Å². The smallest absolute Gasteiger partial charge is 0.410 e. The molecule has 25 heavy (non-hydrogen) atoms. The third-order valence-corrected chi connectivity index (χ3v) is 4.13. The van der Waals surface area contributed by atoms with Gasteiger partial charge in [0, 0.05) is 6.54 Å². The van der Waals surface area contributed by atoms with Gasteiger partial charge in [-0.1, -0.05) is 0 Å². The van der Waals surface area contributed by atoms with E-state index in [4.69, 9.17) is 14.6 Å². The minimum atomic E-state index is -0.951. The molecule has 1 amide bonds. The van der Waals surface area contributed by atoms with Crippen molar-refractivity contribution in [2.75, 3.05) is 13.2 Å². The lowest BCUT2D eigenvalue weighted by molar-refractivity contribution is 0.00358. The van der Waals surface area contributed by atoms with Gasteiger partial charge in [0.15, 0.2) is 0 Å². The molecule has 6 nitrogen and oxygen atoms in total. The summed E-state index contributed by atoms with van der Waals surface area (Å²) in [6, 6.07) is 4.86. The van der Waals surface area contributed by atoms with Crippen molar-refractivity contribution in [3.05, 3.63) is 29.3 Å². The van der Waals surface area contributed by atoms with Crippen molar-refractivity contribution in [1.82, 2.24) is 4.90 Å². The normalized spacial score (nSPS) is 17.9. The molecule has 1 saturated heterocycles. The number of hydrogen-bond donors (Lipinski definition) is 1. The molecule has 1 heterocycles. The summed E-state index contributed by atoms with van der Waals surface area (Å²) in [5, 5.41) is 9.08. The van der Waals surface area contributed by atoms with E-state index in [0.717, 1.165) is 19.3 Å². The average Bonchev–Trinajstić information content (AvgIpc) is 2.51. The maximum absolute atomic E-state index is 12.4. The number of carbonyl (C=O) groups is 2. The average molecular weight is 349 g/mol. The zero-order chi connectivity index (χ0) is 18.6. The molecule has 1 aromatic rings. The lowest BCUT2D eigenvalue weighted by Gasteiger charge is -2.36. The molecule has 1 atom stereocenters. The van der Waals surface area contributed by atoms with Crippen LogP contribution in [0.3, 0.4) is 0 Å². The van der Waals surface area contributed by atoms with E-state index in [1.807, 2.05) is 20.8 Å². The quantitative estimate of drug-likeness (QED) is 0.893. The number of likely N-dealkylation sites (tertiary alicyclic amines) is 1. The molecule has 6 heteroatoms. The molecule has 1 N–H and O–H groups in total. The van der Waals surface area contributed by atoms with Crippen LogP contribution in [-0.2, 0) is 4.74 Å². The number of ether oxygens (including phenoxy) is 2. The number of carboxylic acids is 1. The molecule has 1 aliphatic rings. The summed E-state index contributed by atoms with van der Waals surface area (Å²) >= 11 is 0. The van der Waals surface area contributed by atoms with Gasteiger partial charge in [0.1, 0.15) is 18.0 Å². The number of benzene rings is 1. The summed E-state index contributed by atoms with van der Waals surface area (Å²) in [6.07, 6.45) is 2.57. The Hall–Kier alpha value is -2.24. The fraction of sp³-hybridized carbons (Fsp3) is 0.579.